The molecule has 1 aliphatic rings. The molecule has 3 rings (SSSR count). The van der Waals surface area contributed by atoms with E-state index < -0.39 is 22.6 Å². The van der Waals surface area contributed by atoms with Gasteiger partial charge in [-0.2, -0.15) is 4.31 Å². The standard InChI is InChI=1S/C25H30ClNO5S/c1-3-27(4-2)33(30,31)24-16-21(14-15-22(24)26)25(29)32-17-23(28)20-12-10-19(11-13-20)18-8-6-5-7-9-18/h10-16,18H,3-9,17H2,1-2H3. The van der Waals surface area contributed by atoms with Gasteiger partial charge in [-0.05, 0) is 42.5 Å². The molecule has 0 radical (unpaired) electrons. The summed E-state index contributed by atoms with van der Waals surface area (Å²) >= 11 is 6.11. The minimum absolute atomic E-state index is 0.0191. The summed E-state index contributed by atoms with van der Waals surface area (Å²) in [6.07, 6.45) is 6.12. The fourth-order valence-corrected chi connectivity index (χ4v) is 6.16. The summed E-state index contributed by atoms with van der Waals surface area (Å²) in [5, 5.41) is 0.0209. The van der Waals surface area contributed by atoms with Crippen LogP contribution in [-0.2, 0) is 14.8 Å². The van der Waals surface area contributed by atoms with Crippen molar-refractivity contribution < 1.29 is 22.7 Å². The summed E-state index contributed by atoms with van der Waals surface area (Å²) < 4.78 is 32.1. The third-order valence-electron chi connectivity index (χ3n) is 6.13. The lowest BCUT2D eigenvalue weighted by atomic mass is 9.84. The monoisotopic (exact) mass is 491 g/mol. The third kappa shape index (κ3) is 6.02. The Morgan fingerprint density at radius 1 is 0.970 bits per heavy atom. The van der Waals surface area contributed by atoms with Crippen molar-refractivity contribution in [1.82, 2.24) is 4.31 Å². The van der Waals surface area contributed by atoms with Crippen LogP contribution in [0.25, 0.3) is 0 Å². The number of rotatable bonds is 9. The van der Waals surface area contributed by atoms with Gasteiger partial charge in [0.25, 0.3) is 0 Å². The Labute approximate surface area is 200 Å². The van der Waals surface area contributed by atoms with Gasteiger partial charge in [0.05, 0.1) is 10.6 Å². The van der Waals surface area contributed by atoms with Crippen molar-refractivity contribution in [2.45, 2.75) is 56.8 Å². The Morgan fingerprint density at radius 3 is 2.18 bits per heavy atom. The van der Waals surface area contributed by atoms with Gasteiger partial charge in [-0.1, -0.05) is 69.0 Å². The van der Waals surface area contributed by atoms with E-state index in [4.69, 9.17) is 16.3 Å². The van der Waals surface area contributed by atoms with Crippen LogP contribution in [0.5, 0.6) is 0 Å². The van der Waals surface area contributed by atoms with Crippen LogP contribution in [0.4, 0.5) is 0 Å². The molecule has 0 spiro atoms. The highest BCUT2D eigenvalue weighted by Gasteiger charge is 2.26. The van der Waals surface area contributed by atoms with E-state index in [0.29, 0.717) is 11.5 Å². The summed E-state index contributed by atoms with van der Waals surface area (Å²) in [5.41, 5.74) is 1.74. The van der Waals surface area contributed by atoms with E-state index in [1.807, 2.05) is 12.1 Å². The molecule has 8 heteroatoms. The quantitative estimate of drug-likeness (QED) is 0.343. The minimum Gasteiger partial charge on any atom is -0.454 e. The van der Waals surface area contributed by atoms with Crippen LogP contribution in [0.2, 0.25) is 5.02 Å². The number of nitrogens with zero attached hydrogens (tertiary/aromatic N) is 1. The molecular weight excluding hydrogens is 462 g/mol. The molecule has 0 aliphatic heterocycles. The summed E-state index contributed by atoms with van der Waals surface area (Å²) in [5.74, 6) is -0.550. The average molecular weight is 492 g/mol. The maximum atomic E-state index is 12.8. The van der Waals surface area contributed by atoms with Gasteiger partial charge in [-0.15, -0.1) is 0 Å². The lowest BCUT2D eigenvalue weighted by Crippen LogP contribution is -2.31. The van der Waals surface area contributed by atoms with E-state index >= 15 is 0 Å². The Morgan fingerprint density at radius 2 is 1.58 bits per heavy atom. The maximum Gasteiger partial charge on any atom is 0.338 e. The number of benzene rings is 2. The predicted molar refractivity (Wildman–Crippen MR) is 128 cm³/mol. The van der Waals surface area contributed by atoms with Crippen LogP contribution < -0.4 is 0 Å². The molecule has 178 valence electrons. The molecule has 1 fully saturated rings. The van der Waals surface area contributed by atoms with Gasteiger partial charge >= 0.3 is 5.97 Å². The predicted octanol–water partition coefficient (Wildman–Crippen LogP) is 5.46. The van der Waals surface area contributed by atoms with Crippen molar-refractivity contribution in [2.24, 2.45) is 0 Å². The topological polar surface area (TPSA) is 80.8 Å². The van der Waals surface area contributed by atoms with E-state index in [9.17, 15) is 18.0 Å². The zero-order valence-corrected chi connectivity index (χ0v) is 20.6. The highest BCUT2D eigenvalue weighted by atomic mass is 35.5. The van der Waals surface area contributed by atoms with E-state index in [-0.39, 0.29) is 34.4 Å². The molecule has 0 bridgehead atoms. The van der Waals surface area contributed by atoms with Crippen molar-refractivity contribution in [2.75, 3.05) is 19.7 Å². The molecule has 33 heavy (non-hydrogen) atoms. The van der Waals surface area contributed by atoms with Crippen molar-refractivity contribution in [3.05, 3.63) is 64.2 Å². The van der Waals surface area contributed by atoms with E-state index in [1.54, 1.807) is 26.0 Å². The Bertz CT molecular complexity index is 1090. The molecular formula is C25H30ClNO5S. The SMILES string of the molecule is CCN(CC)S(=O)(=O)c1cc(C(=O)OCC(=O)c2ccc(C3CCCCC3)cc2)ccc1Cl. The molecule has 0 atom stereocenters. The zero-order chi connectivity index (χ0) is 24.0. The number of carbonyl (C=O) groups is 2. The van der Waals surface area contributed by atoms with Gasteiger partial charge in [0, 0.05) is 18.7 Å². The van der Waals surface area contributed by atoms with Crippen molar-refractivity contribution >= 4 is 33.4 Å². The molecule has 0 heterocycles. The molecule has 6 nitrogen and oxygen atoms in total. The Balaban J connectivity index is 1.66. The van der Waals surface area contributed by atoms with Crippen LogP contribution in [0, 0.1) is 0 Å². The minimum atomic E-state index is -3.85. The fraction of sp³-hybridized carbons (Fsp3) is 0.440. The largest absolute Gasteiger partial charge is 0.454 e. The van der Waals surface area contributed by atoms with Gasteiger partial charge in [0.2, 0.25) is 10.0 Å². The molecule has 0 N–H and O–H groups in total. The first-order valence-corrected chi connectivity index (χ1v) is 13.2. The Hall–Kier alpha value is -2.22. The first-order chi connectivity index (χ1) is 15.8. The van der Waals surface area contributed by atoms with Crippen molar-refractivity contribution in [3.63, 3.8) is 0 Å². The van der Waals surface area contributed by atoms with Gasteiger partial charge in [-0.3, -0.25) is 4.79 Å². The molecule has 2 aromatic carbocycles. The summed E-state index contributed by atoms with van der Waals surface area (Å²) in [6.45, 7) is 3.57. The third-order valence-corrected chi connectivity index (χ3v) is 8.67. The molecule has 0 unspecified atom stereocenters. The van der Waals surface area contributed by atoms with Crippen LogP contribution >= 0.6 is 11.6 Å². The van der Waals surface area contributed by atoms with Gasteiger partial charge in [0.15, 0.2) is 12.4 Å². The second kappa shape index (κ2) is 11.3. The van der Waals surface area contributed by atoms with Crippen molar-refractivity contribution in [3.8, 4) is 0 Å². The number of sulfonamides is 1. The normalized spacial score (nSPS) is 14.9. The number of carbonyl (C=O) groups excluding carboxylic acids is 2. The fourth-order valence-electron chi connectivity index (χ4n) is 4.21. The first kappa shape index (κ1) is 25.4. The van der Waals surface area contributed by atoms with Gasteiger partial charge in [-0.25, -0.2) is 13.2 Å². The molecule has 0 amide bonds. The van der Waals surface area contributed by atoms with Crippen LogP contribution in [0.15, 0.2) is 47.4 Å². The van der Waals surface area contributed by atoms with E-state index in [2.05, 4.69) is 0 Å². The zero-order valence-electron chi connectivity index (χ0n) is 19.1. The highest BCUT2D eigenvalue weighted by molar-refractivity contribution is 7.89. The number of hydrogen-bond acceptors (Lipinski definition) is 5. The number of hydrogen-bond donors (Lipinski definition) is 0. The number of esters is 1. The second-order valence-electron chi connectivity index (χ2n) is 8.19. The number of halogens is 1. The van der Waals surface area contributed by atoms with E-state index in [1.165, 1.54) is 60.2 Å². The lowest BCUT2D eigenvalue weighted by molar-refractivity contribution is 0.0474. The first-order valence-electron chi connectivity index (χ1n) is 11.4. The summed E-state index contributed by atoms with van der Waals surface area (Å²) in [4.78, 5) is 24.9. The molecule has 2 aromatic rings. The molecule has 0 aromatic heterocycles. The Kier molecular flexibility index (Phi) is 8.68. The molecule has 1 saturated carbocycles. The van der Waals surface area contributed by atoms with Crippen LogP contribution in [0.3, 0.4) is 0 Å². The molecule has 0 saturated heterocycles. The number of Topliss-reactive ketones (excluding diaryl/α,β-unsaturated/α-hetero) is 1. The number of ketones is 1. The smallest absolute Gasteiger partial charge is 0.338 e. The van der Waals surface area contributed by atoms with Gasteiger partial charge < -0.3 is 4.74 Å². The van der Waals surface area contributed by atoms with E-state index in [0.717, 1.165) is 0 Å². The number of ether oxygens (including phenoxy) is 1. The van der Waals surface area contributed by atoms with Crippen molar-refractivity contribution in [1.29, 1.82) is 0 Å². The van der Waals surface area contributed by atoms with Crippen LogP contribution in [-0.4, -0.2) is 44.2 Å². The summed E-state index contributed by atoms with van der Waals surface area (Å²) in [7, 11) is -3.85. The summed E-state index contributed by atoms with van der Waals surface area (Å²) in [6, 6.07) is 11.4. The lowest BCUT2D eigenvalue weighted by Gasteiger charge is -2.22. The van der Waals surface area contributed by atoms with Crippen LogP contribution in [0.1, 0.15) is 78.1 Å². The highest BCUT2D eigenvalue weighted by Crippen LogP contribution is 2.32. The molecule has 1 aliphatic carbocycles. The maximum absolute atomic E-state index is 12.8. The second-order valence-corrected chi connectivity index (χ2v) is 10.5. The average Bonchev–Trinajstić information content (AvgIpc) is 2.83. The van der Waals surface area contributed by atoms with Gasteiger partial charge in [0.1, 0.15) is 4.90 Å².